The van der Waals surface area contributed by atoms with Crippen LogP contribution in [-0.2, 0) is 6.54 Å². The van der Waals surface area contributed by atoms with Gasteiger partial charge in [-0.1, -0.05) is 6.92 Å². The first kappa shape index (κ1) is 18.0. The predicted octanol–water partition coefficient (Wildman–Crippen LogP) is 3.61. The second-order valence-corrected chi connectivity index (χ2v) is 6.28. The summed E-state index contributed by atoms with van der Waals surface area (Å²) in [6, 6.07) is 8.53. The molecule has 2 heterocycles. The van der Waals surface area contributed by atoms with Crippen LogP contribution >= 0.6 is 0 Å². The molecule has 1 unspecified atom stereocenters. The largest absolute Gasteiger partial charge is 0.391 e. The maximum absolute atomic E-state index is 13.5. The van der Waals surface area contributed by atoms with Crippen molar-refractivity contribution in [3.63, 3.8) is 0 Å². The first-order valence-electron chi connectivity index (χ1n) is 8.55. The Kier molecular flexibility index (Phi) is 5.27. The predicted molar refractivity (Wildman–Crippen MR) is 98.7 cm³/mol. The van der Waals surface area contributed by atoms with Crippen molar-refractivity contribution in [2.45, 2.75) is 39.8 Å². The highest BCUT2D eigenvalue weighted by molar-refractivity contribution is 5.60. The number of hydrogen-bond acceptors (Lipinski definition) is 5. The first-order chi connectivity index (χ1) is 12.5. The standard InChI is InChI=1S/C19H22FN5O/c1-4-16(26)11-25-18(14-7-8-21-13(3)10-14)23-19(24-25)22-15-5-6-17(20)12(2)9-15/h5-10,16,26H,4,11H2,1-3H3,(H,22,24). The van der Waals surface area contributed by atoms with Crippen molar-refractivity contribution < 1.29 is 9.50 Å². The summed E-state index contributed by atoms with van der Waals surface area (Å²) in [6.45, 7) is 5.86. The molecule has 136 valence electrons. The van der Waals surface area contributed by atoms with Gasteiger partial charge in [0.1, 0.15) is 5.82 Å². The van der Waals surface area contributed by atoms with Crippen molar-refractivity contribution in [3.8, 4) is 11.4 Å². The fourth-order valence-corrected chi connectivity index (χ4v) is 2.60. The zero-order chi connectivity index (χ0) is 18.7. The van der Waals surface area contributed by atoms with E-state index in [1.165, 1.54) is 6.07 Å². The first-order valence-corrected chi connectivity index (χ1v) is 8.55. The molecule has 1 atom stereocenters. The Bertz CT molecular complexity index is 909. The Hall–Kier alpha value is -2.80. The SMILES string of the molecule is CCC(O)Cn1nc(Nc2ccc(F)c(C)c2)nc1-c1ccnc(C)c1. The lowest BCUT2D eigenvalue weighted by atomic mass is 10.2. The van der Waals surface area contributed by atoms with Crippen LogP contribution in [0.15, 0.2) is 36.5 Å². The van der Waals surface area contributed by atoms with Gasteiger partial charge in [0.15, 0.2) is 5.82 Å². The molecule has 0 aliphatic carbocycles. The second kappa shape index (κ2) is 7.61. The topological polar surface area (TPSA) is 75.9 Å². The molecule has 0 fully saturated rings. The van der Waals surface area contributed by atoms with E-state index in [-0.39, 0.29) is 5.82 Å². The Morgan fingerprint density at radius 3 is 2.73 bits per heavy atom. The summed E-state index contributed by atoms with van der Waals surface area (Å²) < 4.78 is 15.1. The normalized spacial score (nSPS) is 12.2. The van der Waals surface area contributed by atoms with Crippen LogP contribution in [0.2, 0.25) is 0 Å². The number of aryl methyl sites for hydroxylation is 2. The van der Waals surface area contributed by atoms with Gasteiger partial charge in [0.25, 0.3) is 0 Å². The van der Waals surface area contributed by atoms with Crippen LogP contribution in [0.5, 0.6) is 0 Å². The number of hydrogen-bond donors (Lipinski definition) is 2. The quantitative estimate of drug-likeness (QED) is 0.706. The van der Waals surface area contributed by atoms with Gasteiger partial charge in [0, 0.05) is 23.1 Å². The second-order valence-electron chi connectivity index (χ2n) is 6.28. The highest BCUT2D eigenvalue weighted by Crippen LogP contribution is 2.23. The van der Waals surface area contributed by atoms with E-state index in [2.05, 4.69) is 20.4 Å². The molecular formula is C19H22FN5O. The average molecular weight is 355 g/mol. The molecule has 0 aliphatic heterocycles. The van der Waals surface area contributed by atoms with Crippen molar-refractivity contribution in [1.82, 2.24) is 19.7 Å². The van der Waals surface area contributed by atoms with E-state index >= 15 is 0 Å². The minimum atomic E-state index is -0.515. The molecule has 3 aromatic rings. The van der Waals surface area contributed by atoms with Crippen molar-refractivity contribution in [2.75, 3.05) is 5.32 Å². The third-order valence-corrected chi connectivity index (χ3v) is 4.10. The van der Waals surface area contributed by atoms with Crippen LogP contribution in [0.3, 0.4) is 0 Å². The minimum absolute atomic E-state index is 0.256. The Labute approximate surface area is 151 Å². The summed E-state index contributed by atoms with van der Waals surface area (Å²) in [5.74, 6) is 0.779. The lowest BCUT2D eigenvalue weighted by Crippen LogP contribution is -2.16. The van der Waals surface area contributed by atoms with E-state index < -0.39 is 6.10 Å². The molecule has 1 aromatic carbocycles. The number of aromatic nitrogens is 4. The van der Waals surface area contributed by atoms with Crippen LogP contribution < -0.4 is 5.32 Å². The summed E-state index contributed by atoms with van der Waals surface area (Å²) in [4.78, 5) is 8.77. The zero-order valence-electron chi connectivity index (χ0n) is 15.1. The van der Waals surface area contributed by atoms with Crippen molar-refractivity contribution >= 4 is 11.6 Å². The van der Waals surface area contributed by atoms with Gasteiger partial charge in [-0.2, -0.15) is 4.98 Å². The summed E-state index contributed by atoms with van der Waals surface area (Å²) in [7, 11) is 0. The number of benzene rings is 1. The lowest BCUT2D eigenvalue weighted by Gasteiger charge is -2.10. The number of nitrogens with zero attached hydrogens (tertiary/aromatic N) is 4. The van der Waals surface area contributed by atoms with Crippen LogP contribution in [0.25, 0.3) is 11.4 Å². The Balaban J connectivity index is 1.96. The van der Waals surface area contributed by atoms with Crippen LogP contribution in [0.4, 0.5) is 16.0 Å². The molecule has 0 saturated heterocycles. The smallest absolute Gasteiger partial charge is 0.247 e. The molecule has 0 saturated carbocycles. The highest BCUT2D eigenvalue weighted by atomic mass is 19.1. The minimum Gasteiger partial charge on any atom is -0.391 e. The number of anilines is 2. The molecule has 2 N–H and O–H groups in total. The number of aliphatic hydroxyl groups is 1. The highest BCUT2D eigenvalue weighted by Gasteiger charge is 2.15. The van der Waals surface area contributed by atoms with Crippen molar-refractivity contribution in [2.24, 2.45) is 0 Å². The van der Waals surface area contributed by atoms with Gasteiger partial charge in [-0.25, -0.2) is 9.07 Å². The number of pyridine rings is 1. The Morgan fingerprint density at radius 2 is 2.04 bits per heavy atom. The fourth-order valence-electron chi connectivity index (χ4n) is 2.60. The molecular weight excluding hydrogens is 333 g/mol. The maximum Gasteiger partial charge on any atom is 0.247 e. The molecule has 26 heavy (non-hydrogen) atoms. The molecule has 2 aromatic heterocycles. The van der Waals surface area contributed by atoms with Crippen molar-refractivity contribution in [1.29, 1.82) is 0 Å². The summed E-state index contributed by atoms with van der Waals surface area (Å²) >= 11 is 0. The molecule has 0 spiro atoms. The van der Waals surface area contributed by atoms with Crippen LogP contribution in [-0.4, -0.2) is 31.0 Å². The van der Waals surface area contributed by atoms with Gasteiger partial charge in [0.2, 0.25) is 5.95 Å². The van der Waals surface area contributed by atoms with Gasteiger partial charge < -0.3 is 10.4 Å². The molecule has 6 nitrogen and oxygen atoms in total. The molecule has 3 rings (SSSR count). The maximum atomic E-state index is 13.5. The average Bonchev–Trinajstić information content (AvgIpc) is 3.00. The molecule has 0 radical (unpaired) electrons. The van der Waals surface area contributed by atoms with Gasteiger partial charge in [0.05, 0.1) is 12.6 Å². The zero-order valence-corrected chi connectivity index (χ0v) is 15.1. The number of rotatable bonds is 6. The van der Waals surface area contributed by atoms with Gasteiger partial charge >= 0.3 is 0 Å². The van der Waals surface area contributed by atoms with E-state index in [1.807, 2.05) is 26.0 Å². The van der Waals surface area contributed by atoms with E-state index in [0.717, 1.165) is 11.3 Å². The van der Waals surface area contributed by atoms with Crippen LogP contribution in [0, 0.1) is 19.7 Å². The van der Waals surface area contributed by atoms with E-state index in [0.29, 0.717) is 36.0 Å². The summed E-state index contributed by atoms with van der Waals surface area (Å²) in [6.07, 6.45) is 1.82. The monoisotopic (exact) mass is 355 g/mol. The number of aliphatic hydroxyl groups excluding tert-OH is 1. The van der Waals surface area contributed by atoms with Crippen molar-refractivity contribution in [3.05, 3.63) is 53.6 Å². The van der Waals surface area contributed by atoms with Crippen LogP contribution in [0.1, 0.15) is 24.6 Å². The molecule has 0 amide bonds. The van der Waals surface area contributed by atoms with E-state index in [1.54, 1.807) is 29.9 Å². The molecule has 7 heteroatoms. The van der Waals surface area contributed by atoms with Gasteiger partial charge in [-0.05, 0) is 56.2 Å². The summed E-state index contributed by atoms with van der Waals surface area (Å²) in [5, 5.41) is 17.6. The van der Waals surface area contributed by atoms with Gasteiger partial charge in [-0.15, -0.1) is 5.10 Å². The molecule has 0 bridgehead atoms. The molecule has 0 aliphatic rings. The fraction of sp³-hybridized carbons (Fsp3) is 0.316. The van der Waals surface area contributed by atoms with E-state index in [9.17, 15) is 9.50 Å². The number of nitrogens with one attached hydrogen (secondary N) is 1. The summed E-state index contributed by atoms with van der Waals surface area (Å²) in [5.41, 5.74) is 2.99. The van der Waals surface area contributed by atoms with Gasteiger partial charge in [-0.3, -0.25) is 4.98 Å². The Morgan fingerprint density at radius 1 is 1.23 bits per heavy atom. The van der Waals surface area contributed by atoms with E-state index in [4.69, 9.17) is 0 Å². The lowest BCUT2D eigenvalue weighted by molar-refractivity contribution is 0.146. The third-order valence-electron chi connectivity index (χ3n) is 4.10. The number of halogens is 1. The third kappa shape index (κ3) is 4.05.